The number of nitrogens with two attached hydrogens (primary N) is 1. The fourth-order valence-electron chi connectivity index (χ4n) is 2.09. The molecule has 1 unspecified atom stereocenters. The summed E-state index contributed by atoms with van der Waals surface area (Å²) in [6.07, 6.45) is 0. The van der Waals surface area contributed by atoms with E-state index in [-0.39, 0.29) is 6.04 Å². The number of rotatable bonds is 2. The fraction of sp³-hybridized carbons (Fsp3) is 0.333. The summed E-state index contributed by atoms with van der Waals surface area (Å²) in [5.74, 6) is 1.73. The zero-order chi connectivity index (χ0) is 12.6. The van der Waals surface area contributed by atoms with Gasteiger partial charge in [-0.1, -0.05) is 12.1 Å². The molecule has 0 radical (unpaired) electrons. The van der Waals surface area contributed by atoms with Gasteiger partial charge < -0.3 is 10.2 Å². The van der Waals surface area contributed by atoms with Crippen LogP contribution in [-0.4, -0.2) is 0 Å². The molecule has 0 aliphatic carbocycles. The van der Waals surface area contributed by atoms with Crippen molar-refractivity contribution in [1.82, 2.24) is 0 Å². The molecule has 1 heterocycles. The van der Waals surface area contributed by atoms with Gasteiger partial charge in [0.2, 0.25) is 0 Å². The Morgan fingerprint density at radius 1 is 0.941 bits per heavy atom. The van der Waals surface area contributed by atoms with Crippen LogP contribution in [0.5, 0.6) is 0 Å². The first-order chi connectivity index (χ1) is 7.99. The van der Waals surface area contributed by atoms with Crippen molar-refractivity contribution in [2.24, 2.45) is 5.73 Å². The molecule has 2 aromatic rings. The van der Waals surface area contributed by atoms with Gasteiger partial charge in [-0.05, 0) is 62.1 Å². The molecule has 0 aliphatic heterocycles. The summed E-state index contributed by atoms with van der Waals surface area (Å²) in [6, 6.07) is 8.07. The van der Waals surface area contributed by atoms with Gasteiger partial charge in [-0.25, -0.2) is 0 Å². The van der Waals surface area contributed by atoms with E-state index in [4.69, 9.17) is 10.2 Å². The lowest BCUT2D eigenvalue weighted by Gasteiger charge is -2.15. The first-order valence-corrected chi connectivity index (χ1v) is 5.88. The summed E-state index contributed by atoms with van der Waals surface area (Å²) in [6.45, 7) is 8.26. The molecule has 0 amide bonds. The van der Waals surface area contributed by atoms with Crippen molar-refractivity contribution in [1.29, 1.82) is 0 Å². The third-order valence-corrected chi connectivity index (χ3v) is 3.29. The van der Waals surface area contributed by atoms with Crippen LogP contribution in [0.2, 0.25) is 0 Å². The highest BCUT2D eigenvalue weighted by Gasteiger charge is 2.15. The summed E-state index contributed by atoms with van der Waals surface area (Å²) in [5, 5.41) is 0. The lowest BCUT2D eigenvalue weighted by molar-refractivity contribution is 0.465. The number of hydrogen-bond donors (Lipinski definition) is 1. The van der Waals surface area contributed by atoms with E-state index >= 15 is 0 Å². The standard InChI is InChI=1S/C15H19NO/c1-9-7-11(3)13(8-10(9)2)15(16)14-6-5-12(4)17-14/h5-8,15H,16H2,1-4H3. The first-order valence-electron chi connectivity index (χ1n) is 5.88. The van der Waals surface area contributed by atoms with Crippen LogP contribution in [0.25, 0.3) is 0 Å². The Bertz CT molecular complexity index is 540. The largest absolute Gasteiger partial charge is 0.464 e. The molecular formula is C15H19NO. The molecule has 1 atom stereocenters. The van der Waals surface area contributed by atoms with E-state index in [1.165, 1.54) is 16.7 Å². The summed E-state index contributed by atoms with van der Waals surface area (Å²) < 4.78 is 5.60. The maximum absolute atomic E-state index is 6.26. The number of aryl methyl sites for hydroxylation is 4. The maximum Gasteiger partial charge on any atom is 0.125 e. The van der Waals surface area contributed by atoms with Crippen LogP contribution < -0.4 is 5.73 Å². The molecule has 17 heavy (non-hydrogen) atoms. The van der Waals surface area contributed by atoms with Crippen molar-refractivity contribution < 1.29 is 4.42 Å². The second-order valence-corrected chi connectivity index (χ2v) is 4.72. The predicted molar refractivity (Wildman–Crippen MR) is 70.1 cm³/mol. The molecule has 2 nitrogen and oxygen atoms in total. The highest BCUT2D eigenvalue weighted by Crippen LogP contribution is 2.26. The van der Waals surface area contributed by atoms with E-state index in [2.05, 4.69) is 32.9 Å². The molecule has 0 aliphatic rings. The van der Waals surface area contributed by atoms with Crippen molar-refractivity contribution in [3.8, 4) is 0 Å². The van der Waals surface area contributed by atoms with Gasteiger partial charge in [-0.2, -0.15) is 0 Å². The summed E-state index contributed by atoms with van der Waals surface area (Å²) >= 11 is 0. The number of benzene rings is 1. The van der Waals surface area contributed by atoms with Crippen LogP contribution in [0.1, 0.15) is 39.8 Å². The first kappa shape index (κ1) is 11.9. The maximum atomic E-state index is 6.26. The molecule has 2 rings (SSSR count). The van der Waals surface area contributed by atoms with Gasteiger partial charge in [0.05, 0.1) is 6.04 Å². The van der Waals surface area contributed by atoms with Crippen molar-refractivity contribution in [2.75, 3.05) is 0 Å². The van der Waals surface area contributed by atoms with Gasteiger partial charge in [-0.15, -0.1) is 0 Å². The van der Waals surface area contributed by atoms with E-state index < -0.39 is 0 Å². The lowest BCUT2D eigenvalue weighted by atomic mass is 9.95. The summed E-state index contributed by atoms with van der Waals surface area (Å²) in [4.78, 5) is 0. The molecule has 0 bridgehead atoms. The molecule has 2 N–H and O–H groups in total. The molecule has 0 saturated carbocycles. The fourth-order valence-corrected chi connectivity index (χ4v) is 2.09. The third kappa shape index (κ3) is 2.27. The van der Waals surface area contributed by atoms with Crippen LogP contribution in [0.3, 0.4) is 0 Å². The molecule has 1 aromatic heterocycles. The van der Waals surface area contributed by atoms with E-state index in [1.807, 2.05) is 19.1 Å². The average Bonchev–Trinajstić information content (AvgIpc) is 2.69. The Labute approximate surface area is 102 Å². The molecule has 1 aromatic carbocycles. The average molecular weight is 229 g/mol. The smallest absolute Gasteiger partial charge is 0.125 e. The van der Waals surface area contributed by atoms with E-state index in [0.717, 1.165) is 17.1 Å². The monoisotopic (exact) mass is 229 g/mol. The van der Waals surface area contributed by atoms with Gasteiger partial charge in [-0.3, -0.25) is 0 Å². The highest BCUT2D eigenvalue weighted by atomic mass is 16.3. The van der Waals surface area contributed by atoms with Gasteiger partial charge in [0.25, 0.3) is 0 Å². The van der Waals surface area contributed by atoms with Crippen LogP contribution in [-0.2, 0) is 0 Å². The van der Waals surface area contributed by atoms with Gasteiger partial charge >= 0.3 is 0 Å². The minimum absolute atomic E-state index is 0.178. The molecule has 90 valence electrons. The Kier molecular flexibility index (Phi) is 3.07. The second kappa shape index (κ2) is 4.38. The van der Waals surface area contributed by atoms with Crippen molar-refractivity contribution in [2.45, 2.75) is 33.7 Å². The summed E-state index contributed by atoms with van der Waals surface area (Å²) in [5.41, 5.74) is 11.2. The van der Waals surface area contributed by atoms with Gasteiger partial charge in [0.1, 0.15) is 11.5 Å². The summed E-state index contributed by atoms with van der Waals surface area (Å²) in [7, 11) is 0. The lowest BCUT2D eigenvalue weighted by Crippen LogP contribution is -2.13. The van der Waals surface area contributed by atoms with Crippen molar-refractivity contribution in [3.63, 3.8) is 0 Å². The number of hydrogen-bond acceptors (Lipinski definition) is 2. The Balaban J connectivity index is 2.43. The third-order valence-electron chi connectivity index (χ3n) is 3.29. The Morgan fingerprint density at radius 2 is 1.59 bits per heavy atom. The molecular weight excluding hydrogens is 210 g/mol. The quantitative estimate of drug-likeness (QED) is 0.855. The minimum Gasteiger partial charge on any atom is -0.464 e. The molecule has 0 spiro atoms. The van der Waals surface area contributed by atoms with Crippen LogP contribution >= 0.6 is 0 Å². The Hall–Kier alpha value is -1.54. The van der Waals surface area contributed by atoms with E-state index in [1.54, 1.807) is 0 Å². The van der Waals surface area contributed by atoms with Crippen LogP contribution in [0.4, 0.5) is 0 Å². The zero-order valence-corrected chi connectivity index (χ0v) is 10.9. The molecule has 0 saturated heterocycles. The SMILES string of the molecule is Cc1ccc(C(N)c2cc(C)c(C)cc2C)o1. The van der Waals surface area contributed by atoms with Crippen molar-refractivity contribution in [3.05, 3.63) is 58.0 Å². The second-order valence-electron chi connectivity index (χ2n) is 4.72. The highest BCUT2D eigenvalue weighted by molar-refractivity contribution is 5.40. The zero-order valence-electron chi connectivity index (χ0n) is 10.9. The van der Waals surface area contributed by atoms with Gasteiger partial charge in [0, 0.05) is 0 Å². The molecule has 2 heteroatoms. The minimum atomic E-state index is -0.178. The van der Waals surface area contributed by atoms with Crippen LogP contribution in [0.15, 0.2) is 28.7 Å². The Morgan fingerprint density at radius 3 is 2.18 bits per heavy atom. The van der Waals surface area contributed by atoms with E-state index in [0.29, 0.717) is 0 Å². The van der Waals surface area contributed by atoms with Crippen molar-refractivity contribution >= 4 is 0 Å². The van der Waals surface area contributed by atoms with E-state index in [9.17, 15) is 0 Å². The normalized spacial score (nSPS) is 12.8. The number of furan rings is 1. The predicted octanol–water partition coefficient (Wildman–Crippen LogP) is 3.56. The van der Waals surface area contributed by atoms with Gasteiger partial charge in [0.15, 0.2) is 0 Å². The van der Waals surface area contributed by atoms with Crippen LogP contribution in [0, 0.1) is 27.7 Å². The topological polar surface area (TPSA) is 39.2 Å². The molecule has 0 fully saturated rings.